The minimum atomic E-state index is -4.96. The zero-order valence-electron chi connectivity index (χ0n) is 64.1. The number of carbonyl (C=O) groups is 4. The van der Waals surface area contributed by atoms with E-state index in [9.17, 15) is 43.2 Å². The Hall–Kier alpha value is -1.94. The topological polar surface area (TPSA) is 237 Å². The van der Waals surface area contributed by atoms with Crippen molar-refractivity contribution in [1.29, 1.82) is 0 Å². The first-order chi connectivity index (χ1) is 47.4. The zero-order valence-corrected chi connectivity index (χ0v) is 65.9. The summed E-state index contributed by atoms with van der Waals surface area (Å²) in [6.07, 6.45) is 59.6. The van der Waals surface area contributed by atoms with Crippen LogP contribution in [0.3, 0.4) is 0 Å². The lowest BCUT2D eigenvalue weighted by Gasteiger charge is -2.21. The molecule has 98 heavy (non-hydrogen) atoms. The molecule has 0 bridgehead atoms. The summed E-state index contributed by atoms with van der Waals surface area (Å²) in [5.41, 5.74) is 0. The Labute approximate surface area is 600 Å². The van der Waals surface area contributed by atoms with Crippen molar-refractivity contribution in [2.75, 3.05) is 39.6 Å². The SMILES string of the molecule is CCCCCCCCCCCCCCCCCCCC(=O)O[C@H](COC(=O)CCCCCCCCCCCCCCCCCC)COP(=O)(O)OC[C@@H](O)COP(=O)(O)OC[C@@H](COC(=O)CCCCCCCCC(C)CC)OC(=O)CCCCCCCCCCCCCCC(C)C. The fourth-order valence-electron chi connectivity index (χ4n) is 12.2. The van der Waals surface area contributed by atoms with Gasteiger partial charge in [-0.15, -0.1) is 0 Å². The molecule has 0 aromatic heterocycles. The molecule has 0 saturated heterocycles. The van der Waals surface area contributed by atoms with Crippen molar-refractivity contribution in [2.45, 2.75) is 432 Å². The molecular formula is C79H154O17P2. The van der Waals surface area contributed by atoms with Crippen LogP contribution in [0.25, 0.3) is 0 Å². The van der Waals surface area contributed by atoms with Gasteiger partial charge in [0, 0.05) is 25.7 Å². The molecule has 17 nitrogen and oxygen atoms in total. The number of esters is 4. The first-order valence-corrected chi connectivity index (χ1v) is 44.0. The number of ether oxygens (including phenoxy) is 4. The van der Waals surface area contributed by atoms with Gasteiger partial charge >= 0.3 is 39.5 Å². The largest absolute Gasteiger partial charge is 0.472 e. The molecule has 3 N–H and O–H groups in total. The van der Waals surface area contributed by atoms with Crippen LogP contribution in [0.2, 0.25) is 0 Å². The lowest BCUT2D eigenvalue weighted by atomic mass is 10.00. The maximum absolute atomic E-state index is 13.1. The maximum atomic E-state index is 13.1. The van der Waals surface area contributed by atoms with Gasteiger partial charge in [0.15, 0.2) is 12.2 Å². The molecular weight excluding hydrogens is 1280 g/mol. The van der Waals surface area contributed by atoms with Crippen LogP contribution in [0.4, 0.5) is 0 Å². The Morgan fingerprint density at radius 2 is 0.520 bits per heavy atom. The highest BCUT2D eigenvalue weighted by Crippen LogP contribution is 2.45. The molecule has 0 radical (unpaired) electrons. The van der Waals surface area contributed by atoms with Crippen molar-refractivity contribution in [3.8, 4) is 0 Å². The van der Waals surface area contributed by atoms with E-state index in [0.29, 0.717) is 25.7 Å². The molecule has 0 aliphatic heterocycles. The van der Waals surface area contributed by atoms with Crippen LogP contribution in [0.5, 0.6) is 0 Å². The van der Waals surface area contributed by atoms with Crippen LogP contribution < -0.4 is 0 Å². The highest BCUT2D eigenvalue weighted by molar-refractivity contribution is 7.47. The smallest absolute Gasteiger partial charge is 0.462 e. The Morgan fingerprint density at radius 1 is 0.296 bits per heavy atom. The maximum Gasteiger partial charge on any atom is 0.472 e. The van der Waals surface area contributed by atoms with Crippen LogP contribution in [0.1, 0.15) is 414 Å². The number of unbranched alkanes of at least 4 members (excludes halogenated alkanes) is 47. The van der Waals surface area contributed by atoms with Gasteiger partial charge in [0.05, 0.1) is 26.4 Å². The molecule has 0 aromatic rings. The average Bonchev–Trinajstić information content (AvgIpc) is 0.989. The molecule has 0 heterocycles. The third-order valence-electron chi connectivity index (χ3n) is 18.8. The number of aliphatic hydroxyl groups excluding tert-OH is 1. The molecule has 0 rings (SSSR count). The van der Waals surface area contributed by atoms with Gasteiger partial charge in [-0.2, -0.15) is 0 Å². The molecule has 0 aliphatic rings. The van der Waals surface area contributed by atoms with Gasteiger partial charge in [0.2, 0.25) is 0 Å². The van der Waals surface area contributed by atoms with E-state index in [1.807, 2.05) is 0 Å². The molecule has 0 fully saturated rings. The Kier molecular flexibility index (Phi) is 69.3. The summed E-state index contributed by atoms with van der Waals surface area (Å²) in [5, 5.41) is 10.6. The highest BCUT2D eigenvalue weighted by atomic mass is 31.2. The van der Waals surface area contributed by atoms with Crippen LogP contribution in [-0.2, 0) is 65.4 Å². The summed E-state index contributed by atoms with van der Waals surface area (Å²) < 4.78 is 68.7. The molecule has 0 amide bonds. The van der Waals surface area contributed by atoms with Gasteiger partial charge < -0.3 is 33.8 Å². The van der Waals surface area contributed by atoms with Gasteiger partial charge in [0.1, 0.15) is 19.3 Å². The normalized spacial score (nSPS) is 14.2. The van der Waals surface area contributed by atoms with E-state index in [1.165, 1.54) is 225 Å². The lowest BCUT2D eigenvalue weighted by Crippen LogP contribution is -2.30. The summed E-state index contributed by atoms with van der Waals surface area (Å²) in [6.45, 7) is 9.60. The molecule has 0 spiro atoms. The van der Waals surface area contributed by atoms with E-state index in [-0.39, 0.29) is 25.7 Å². The number of phosphoric acid groups is 2. The fourth-order valence-corrected chi connectivity index (χ4v) is 13.7. The molecule has 0 aromatic carbocycles. The first-order valence-electron chi connectivity index (χ1n) is 41.0. The standard InChI is InChI=1S/C79H154O17P2/c1-7-10-12-14-16-18-20-22-24-26-28-30-35-39-43-51-57-63-78(83)95-74(67-89-76(81)61-55-49-42-38-34-29-27-25-23-21-19-17-15-13-11-8-2)69-93-97(85,86)91-65-73(80)66-92-98(87,88)94-70-75(68-90-77(82)62-56-50-46-45-48-54-60-72(6)9-3)96-79(84)64-58-52-44-40-36-32-31-33-37-41-47-53-59-71(4)5/h71-75,80H,7-70H2,1-6H3,(H,85,86)(H,87,88)/t72?,73-,74-,75-/m1/s1. The molecule has 0 saturated carbocycles. The third kappa shape index (κ3) is 71.1. The van der Waals surface area contributed by atoms with E-state index >= 15 is 0 Å². The number of carbonyl (C=O) groups excluding carboxylic acids is 4. The molecule has 6 atom stereocenters. The van der Waals surface area contributed by atoms with Crippen molar-refractivity contribution in [2.24, 2.45) is 11.8 Å². The number of aliphatic hydroxyl groups is 1. The van der Waals surface area contributed by atoms with E-state index in [2.05, 4.69) is 41.5 Å². The average molecular weight is 1440 g/mol. The van der Waals surface area contributed by atoms with Gasteiger partial charge in [-0.05, 0) is 37.5 Å². The Morgan fingerprint density at radius 3 is 0.776 bits per heavy atom. The van der Waals surface area contributed by atoms with Crippen LogP contribution in [0.15, 0.2) is 0 Å². The van der Waals surface area contributed by atoms with Crippen LogP contribution >= 0.6 is 15.6 Å². The first kappa shape index (κ1) is 96.1. The van der Waals surface area contributed by atoms with Crippen molar-refractivity contribution in [3.63, 3.8) is 0 Å². The highest BCUT2D eigenvalue weighted by Gasteiger charge is 2.30. The van der Waals surface area contributed by atoms with E-state index in [1.54, 1.807) is 0 Å². The predicted molar refractivity (Wildman–Crippen MR) is 400 cm³/mol. The van der Waals surface area contributed by atoms with Gasteiger partial charge in [0.25, 0.3) is 0 Å². The quantitative estimate of drug-likeness (QED) is 0.0222. The zero-order chi connectivity index (χ0) is 72.1. The summed E-state index contributed by atoms with van der Waals surface area (Å²) >= 11 is 0. The van der Waals surface area contributed by atoms with Gasteiger partial charge in [-0.3, -0.25) is 37.3 Å². The van der Waals surface area contributed by atoms with Crippen LogP contribution in [-0.4, -0.2) is 96.7 Å². The molecule has 19 heteroatoms. The van der Waals surface area contributed by atoms with Crippen molar-refractivity contribution >= 4 is 39.5 Å². The molecule has 582 valence electrons. The number of hydrogen-bond acceptors (Lipinski definition) is 15. The van der Waals surface area contributed by atoms with Crippen molar-refractivity contribution < 1.29 is 80.2 Å². The van der Waals surface area contributed by atoms with Crippen LogP contribution in [0, 0.1) is 11.8 Å². The predicted octanol–water partition coefficient (Wildman–Crippen LogP) is 23.5. The van der Waals surface area contributed by atoms with Crippen molar-refractivity contribution in [1.82, 2.24) is 0 Å². The second-order valence-electron chi connectivity index (χ2n) is 29.2. The van der Waals surface area contributed by atoms with Crippen molar-refractivity contribution in [3.05, 3.63) is 0 Å². The lowest BCUT2D eigenvalue weighted by molar-refractivity contribution is -0.161. The monoisotopic (exact) mass is 1440 g/mol. The van der Waals surface area contributed by atoms with E-state index < -0.39 is 97.5 Å². The number of rotatable bonds is 78. The second-order valence-corrected chi connectivity index (χ2v) is 32.1. The summed E-state index contributed by atoms with van der Waals surface area (Å²) in [4.78, 5) is 73.0. The summed E-state index contributed by atoms with van der Waals surface area (Å²) in [5.74, 6) is -0.603. The van der Waals surface area contributed by atoms with Gasteiger partial charge in [-0.25, -0.2) is 9.13 Å². The Balaban J connectivity index is 5.25. The minimum absolute atomic E-state index is 0.106. The minimum Gasteiger partial charge on any atom is -0.462 e. The van der Waals surface area contributed by atoms with E-state index in [0.717, 1.165) is 108 Å². The Bertz CT molecular complexity index is 1890. The number of hydrogen-bond donors (Lipinski definition) is 3. The third-order valence-corrected chi connectivity index (χ3v) is 20.7. The van der Waals surface area contributed by atoms with E-state index in [4.69, 9.17) is 37.0 Å². The van der Waals surface area contributed by atoms with Gasteiger partial charge in [-0.1, -0.05) is 363 Å². The summed E-state index contributed by atoms with van der Waals surface area (Å²) in [6, 6.07) is 0. The fraction of sp³-hybridized carbons (Fsp3) is 0.949. The molecule has 0 aliphatic carbocycles. The molecule has 3 unspecified atom stereocenters. The number of phosphoric ester groups is 2. The second kappa shape index (κ2) is 70.7. The summed E-state index contributed by atoms with van der Waals surface area (Å²) in [7, 11) is -9.92.